The molecule has 1 unspecified atom stereocenters. The highest BCUT2D eigenvalue weighted by Crippen LogP contribution is 2.48. The standard InChI is InChI=1S/C20H22O4.C8H12O2.C7H6O.C6H6O4.CO2/c1-12-16(19(22)23-4)17(13-8-6-5-7-9-13)18-14(21)10-20(2,3)11-15(18)24-12;1-8(2)4-6(9)3-7(10)5-8;8-6-7-4-2-1-3-5-7;1-9-5(7)3-4-6(8)10-2;2-1-3/h5-9,17H,10-11H2,1-4H3;3-5H2,1-2H3;1-6H;1-2H3;. The summed E-state index contributed by atoms with van der Waals surface area (Å²) in [5.74, 6) is 2.84. The van der Waals surface area contributed by atoms with Crippen LogP contribution in [0.4, 0.5) is 0 Å². The summed E-state index contributed by atoms with van der Waals surface area (Å²) in [4.78, 5) is 93.7. The predicted molar refractivity (Wildman–Crippen MR) is 196 cm³/mol. The van der Waals surface area contributed by atoms with Gasteiger partial charge in [-0.1, -0.05) is 88.4 Å². The van der Waals surface area contributed by atoms with Crippen LogP contribution in [-0.4, -0.2) is 69.0 Å². The third kappa shape index (κ3) is 16.1. The van der Waals surface area contributed by atoms with E-state index in [4.69, 9.17) is 19.1 Å². The molecule has 0 saturated heterocycles. The van der Waals surface area contributed by atoms with E-state index in [2.05, 4.69) is 23.3 Å². The Morgan fingerprint density at radius 2 is 1.18 bits per heavy atom. The maximum absolute atomic E-state index is 12.9. The van der Waals surface area contributed by atoms with Crippen LogP contribution >= 0.6 is 0 Å². The lowest BCUT2D eigenvalue weighted by Gasteiger charge is -2.38. The fourth-order valence-electron chi connectivity index (χ4n) is 5.84. The summed E-state index contributed by atoms with van der Waals surface area (Å²) in [7, 11) is 3.70. The zero-order valence-electron chi connectivity index (χ0n) is 32.3. The van der Waals surface area contributed by atoms with Gasteiger partial charge in [0.05, 0.1) is 39.2 Å². The first kappa shape index (κ1) is 46.8. The minimum atomic E-state index is -0.759. The highest BCUT2D eigenvalue weighted by Gasteiger charge is 2.44. The second-order valence-electron chi connectivity index (χ2n) is 13.8. The number of allylic oxidation sites excluding steroid dienone is 3. The van der Waals surface area contributed by atoms with Crippen molar-refractivity contribution in [3.05, 3.63) is 94.5 Å². The summed E-state index contributed by atoms with van der Waals surface area (Å²) in [6.45, 7) is 9.80. The molecule has 0 N–H and O–H groups in total. The molecule has 2 aromatic rings. The quantitative estimate of drug-likeness (QED) is 0.0957. The molecule has 1 saturated carbocycles. The summed E-state index contributed by atoms with van der Waals surface area (Å²) in [5, 5.41) is 0. The van der Waals surface area contributed by atoms with Gasteiger partial charge in [0.1, 0.15) is 29.4 Å². The third-order valence-electron chi connectivity index (χ3n) is 7.97. The summed E-state index contributed by atoms with van der Waals surface area (Å²) in [5.41, 5.74) is 2.43. The van der Waals surface area contributed by atoms with E-state index in [-0.39, 0.29) is 40.8 Å². The molecule has 1 atom stereocenters. The van der Waals surface area contributed by atoms with Crippen LogP contribution in [-0.2, 0) is 57.3 Å². The lowest BCUT2D eigenvalue weighted by atomic mass is 9.70. The Morgan fingerprint density at radius 1 is 0.727 bits per heavy atom. The van der Waals surface area contributed by atoms with E-state index >= 15 is 0 Å². The van der Waals surface area contributed by atoms with Crippen LogP contribution in [0.25, 0.3) is 0 Å². The first-order valence-electron chi connectivity index (χ1n) is 16.9. The number of aldehydes is 1. The molecule has 0 amide bonds. The van der Waals surface area contributed by atoms with E-state index in [0.717, 1.165) is 17.4 Å². The Labute approximate surface area is 320 Å². The van der Waals surface area contributed by atoms with Gasteiger partial charge < -0.3 is 18.9 Å². The van der Waals surface area contributed by atoms with Crippen LogP contribution in [0.2, 0.25) is 0 Å². The van der Waals surface area contributed by atoms with Crippen molar-refractivity contribution < 1.29 is 62.1 Å². The Bertz CT molecular complexity index is 1830. The molecule has 0 aromatic heterocycles. The van der Waals surface area contributed by atoms with Crippen LogP contribution in [0.3, 0.4) is 0 Å². The molecular weight excluding hydrogens is 712 g/mol. The first-order chi connectivity index (χ1) is 25.9. The molecule has 1 aliphatic heterocycles. The molecule has 0 spiro atoms. The van der Waals surface area contributed by atoms with E-state index in [0.29, 0.717) is 48.3 Å². The lowest BCUT2D eigenvalue weighted by molar-refractivity contribution is -0.192. The van der Waals surface area contributed by atoms with Crippen molar-refractivity contribution in [3.8, 4) is 11.8 Å². The zero-order valence-corrected chi connectivity index (χ0v) is 32.3. The Kier molecular flexibility index (Phi) is 19.3. The van der Waals surface area contributed by atoms with Crippen LogP contribution < -0.4 is 0 Å². The van der Waals surface area contributed by atoms with Crippen LogP contribution in [0, 0.1) is 22.7 Å². The predicted octanol–water partition coefficient (Wildman–Crippen LogP) is 5.48. The maximum Gasteiger partial charge on any atom is 0.384 e. The summed E-state index contributed by atoms with van der Waals surface area (Å²) >= 11 is 0. The lowest BCUT2D eigenvalue weighted by Crippen LogP contribution is -2.33. The van der Waals surface area contributed by atoms with Crippen LogP contribution in [0.15, 0.2) is 83.3 Å². The summed E-state index contributed by atoms with van der Waals surface area (Å²) < 4.78 is 19.1. The van der Waals surface area contributed by atoms with Gasteiger partial charge in [-0.3, -0.25) is 19.2 Å². The van der Waals surface area contributed by atoms with Gasteiger partial charge in [0.2, 0.25) is 0 Å². The SMILES string of the molecule is CC1(C)CC(=O)CC(=O)C1.COC(=O)C#CC(=O)OC.COC(=O)C1=C(C)OC2=C(C(=O)CC(C)(C)C2)C1c1ccccc1.O=C=O.O=Cc1ccccc1. The monoisotopic (exact) mass is 758 g/mol. The minimum absolute atomic E-state index is 0.0454. The fraction of sp³-hybridized carbons (Fsp3) is 0.381. The number of benzene rings is 2. The number of ether oxygens (including phenoxy) is 4. The van der Waals surface area contributed by atoms with Gasteiger partial charge in [-0.2, -0.15) is 9.59 Å². The summed E-state index contributed by atoms with van der Waals surface area (Å²) in [6.07, 6.45) is 3.52. The number of ketones is 3. The van der Waals surface area contributed by atoms with E-state index in [1.165, 1.54) is 21.3 Å². The molecule has 1 heterocycles. The van der Waals surface area contributed by atoms with Gasteiger partial charge in [-0.25, -0.2) is 14.4 Å². The molecular formula is C42H46O13. The molecule has 0 radical (unpaired) electrons. The number of carbonyl (C=O) groups excluding carboxylic acids is 9. The molecule has 2 aromatic carbocycles. The number of hydrogen-bond donors (Lipinski definition) is 0. The van der Waals surface area contributed by atoms with Gasteiger partial charge in [0.25, 0.3) is 0 Å². The van der Waals surface area contributed by atoms with E-state index in [1.807, 2.05) is 74.2 Å². The van der Waals surface area contributed by atoms with E-state index in [9.17, 15) is 33.6 Å². The van der Waals surface area contributed by atoms with Crippen molar-refractivity contribution in [1.29, 1.82) is 0 Å². The molecule has 292 valence electrons. The normalized spacial score (nSPS) is 17.2. The van der Waals surface area contributed by atoms with Crippen molar-refractivity contribution >= 4 is 47.7 Å². The van der Waals surface area contributed by atoms with Crippen molar-refractivity contribution in [2.75, 3.05) is 21.3 Å². The minimum Gasteiger partial charge on any atom is -0.466 e. The third-order valence-corrected chi connectivity index (χ3v) is 7.97. The largest absolute Gasteiger partial charge is 0.466 e. The number of hydrogen-bond acceptors (Lipinski definition) is 13. The molecule has 5 rings (SSSR count). The van der Waals surface area contributed by atoms with Crippen molar-refractivity contribution in [3.63, 3.8) is 0 Å². The summed E-state index contributed by atoms with van der Waals surface area (Å²) in [6, 6.07) is 18.7. The highest BCUT2D eigenvalue weighted by molar-refractivity contribution is 6.04. The van der Waals surface area contributed by atoms with Gasteiger partial charge in [-0.15, -0.1) is 0 Å². The number of esters is 3. The van der Waals surface area contributed by atoms with E-state index < -0.39 is 23.8 Å². The molecule has 13 heteroatoms. The second kappa shape index (κ2) is 22.7. The van der Waals surface area contributed by atoms with Gasteiger partial charge >= 0.3 is 24.1 Å². The number of carbonyl (C=O) groups is 7. The van der Waals surface area contributed by atoms with E-state index in [1.54, 1.807) is 19.1 Å². The van der Waals surface area contributed by atoms with Crippen LogP contribution in [0.1, 0.15) is 88.6 Å². The van der Waals surface area contributed by atoms with Crippen LogP contribution in [0.5, 0.6) is 0 Å². The highest BCUT2D eigenvalue weighted by atomic mass is 16.5. The fourth-order valence-corrected chi connectivity index (χ4v) is 5.84. The number of methoxy groups -OCH3 is 3. The second-order valence-corrected chi connectivity index (χ2v) is 13.8. The Balaban J connectivity index is 0.000000404. The molecule has 2 aliphatic carbocycles. The van der Waals surface area contributed by atoms with Gasteiger partial charge in [0.15, 0.2) is 5.78 Å². The molecule has 13 nitrogen and oxygen atoms in total. The maximum atomic E-state index is 12.9. The molecule has 0 bridgehead atoms. The molecule has 3 aliphatic rings. The molecule has 55 heavy (non-hydrogen) atoms. The average Bonchev–Trinajstić information content (AvgIpc) is 3.13. The smallest absolute Gasteiger partial charge is 0.384 e. The Morgan fingerprint density at radius 3 is 1.58 bits per heavy atom. The van der Waals surface area contributed by atoms with Gasteiger partial charge in [-0.05, 0) is 23.3 Å². The Hall–Kier alpha value is -6.25. The first-order valence-corrected chi connectivity index (χ1v) is 16.9. The topological polar surface area (TPSA) is 191 Å². The zero-order chi connectivity index (χ0) is 41.8. The van der Waals surface area contributed by atoms with Crippen molar-refractivity contribution in [2.24, 2.45) is 10.8 Å². The molecule has 1 fully saturated rings. The van der Waals surface area contributed by atoms with Crippen molar-refractivity contribution in [2.45, 2.75) is 72.6 Å². The average molecular weight is 759 g/mol. The number of Topliss-reactive ketones (excluding diaryl/α,β-unsaturated/α-hetero) is 3. The van der Waals surface area contributed by atoms with Crippen molar-refractivity contribution in [1.82, 2.24) is 0 Å². The van der Waals surface area contributed by atoms with Gasteiger partial charge in [0, 0.05) is 48.7 Å². The number of rotatable bonds is 3.